The van der Waals surface area contributed by atoms with E-state index >= 15 is 0 Å². The Morgan fingerprint density at radius 1 is 0.962 bits per heavy atom. The lowest BCUT2D eigenvalue weighted by Gasteiger charge is -2.42. The van der Waals surface area contributed by atoms with Gasteiger partial charge in [0.05, 0.1) is 0 Å². The largest absolute Gasteiger partial charge is 0.489 e. The standard InChI is InChI=1S/C24H30O2/c1-17-6-8-18(9-7-17)16-26-22-15-21-20(14-19(22)10-13-25)23(2,3)11-12-24(21,4)5/h6-9,13-15H,10-12,16H2,1-5H3. The van der Waals surface area contributed by atoms with Gasteiger partial charge in [-0.25, -0.2) is 0 Å². The third kappa shape index (κ3) is 3.70. The zero-order valence-electron chi connectivity index (χ0n) is 16.7. The summed E-state index contributed by atoms with van der Waals surface area (Å²) < 4.78 is 6.18. The second-order valence-electron chi connectivity index (χ2n) is 8.92. The van der Waals surface area contributed by atoms with Crippen LogP contribution in [0.3, 0.4) is 0 Å². The van der Waals surface area contributed by atoms with Gasteiger partial charge in [0.25, 0.3) is 0 Å². The summed E-state index contributed by atoms with van der Waals surface area (Å²) in [4.78, 5) is 11.2. The molecule has 2 aromatic rings. The number of fused-ring (bicyclic) bond motifs is 1. The second-order valence-corrected chi connectivity index (χ2v) is 8.92. The van der Waals surface area contributed by atoms with E-state index in [4.69, 9.17) is 4.74 Å². The van der Waals surface area contributed by atoms with Crippen molar-refractivity contribution in [2.45, 2.75) is 71.3 Å². The molecule has 0 atom stereocenters. The van der Waals surface area contributed by atoms with Crippen LogP contribution in [-0.4, -0.2) is 6.29 Å². The van der Waals surface area contributed by atoms with Gasteiger partial charge in [-0.1, -0.05) is 63.6 Å². The fourth-order valence-corrected chi connectivity index (χ4v) is 3.87. The lowest BCUT2D eigenvalue weighted by atomic mass is 9.63. The highest BCUT2D eigenvalue weighted by Gasteiger charge is 2.37. The molecule has 0 saturated heterocycles. The van der Waals surface area contributed by atoms with E-state index in [0.717, 1.165) is 36.0 Å². The summed E-state index contributed by atoms with van der Waals surface area (Å²) in [6, 6.07) is 12.8. The van der Waals surface area contributed by atoms with Crippen molar-refractivity contribution in [3.63, 3.8) is 0 Å². The second kappa shape index (κ2) is 6.90. The number of benzene rings is 2. The first-order chi connectivity index (χ1) is 12.2. The predicted molar refractivity (Wildman–Crippen MR) is 107 cm³/mol. The van der Waals surface area contributed by atoms with Gasteiger partial charge >= 0.3 is 0 Å². The van der Waals surface area contributed by atoms with Crippen molar-refractivity contribution >= 4 is 6.29 Å². The maximum atomic E-state index is 11.2. The smallest absolute Gasteiger partial charge is 0.124 e. The number of ether oxygens (including phenoxy) is 1. The highest BCUT2D eigenvalue weighted by atomic mass is 16.5. The van der Waals surface area contributed by atoms with Crippen LogP contribution >= 0.6 is 0 Å². The fourth-order valence-electron chi connectivity index (χ4n) is 3.87. The number of hydrogen-bond acceptors (Lipinski definition) is 2. The van der Waals surface area contributed by atoms with E-state index in [1.54, 1.807) is 0 Å². The van der Waals surface area contributed by atoms with E-state index < -0.39 is 0 Å². The molecular formula is C24H30O2. The van der Waals surface area contributed by atoms with Crippen LogP contribution in [0.1, 0.15) is 68.4 Å². The lowest BCUT2D eigenvalue weighted by Crippen LogP contribution is -2.34. The van der Waals surface area contributed by atoms with Gasteiger partial charge in [0.1, 0.15) is 18.6 Å². The lowest BCUT2D eigenvalue weighted by molar-refractivity contribution is -0.107. The summed E-state index contributed by atoms with van der Waals surface area (Å²) in [5.41, 5.74) is 6.38. The average molecular weight is 351 g/mol. The van der Waals surface area contributed by atoms with E-state index in [-0.39, 0.29) is 10.8 Å². The van der Waals surface area contributed by atoms with Crippen LogP contribution in [0.25, 0.3) is 0 Å². The molecule has 0 bridgehead atoms. The van der Waals surface area contributed by atoms with Crippen LogP contribution < -0.4 is 4.74 Å². The van der Waals surface area contributed by atoms with Crippen LogP contribution in [0.2, 0.25) is 0 Å². The Morgan fingerprint density at radius 2 is 1.54 bits per heavy atom. The van der Waals surface area contributed by atoms with Gasteiger partial charge in [-0.3, -0.25) is 0 Å². The zero-order valence-corrected chi connectivity index (χ0v) is 16.7. The normalized spacial score (nSPS) is 17.4. The molecule has 0 saturated carbocycles. The number of carbonyl (C=O) groups is 1. The highest BCUT2D eigenvalue weighted by Crippen LogP contribution is 2.47. The number of aldehydes is 1. The molecule has 0 unspecified atom stereocenters. The molecule has 2 nitrogen and oxygen atoms in total. The first-order valence-electron chi connectivity index (χ1n) is 9.53. The number of rotatable bonds is 5. The van der Waals surface area contributed by atoms with Gasteiger partial charge in [0, 0.05) is 12.0 Å². The van der Waals surface area contributed by atoms with Crippen LogP contribution in [0.4, 0.5) is 0 Å². The Morgan fingerprint density at radius 3 is 2.12 bits per heavy atom. The van der Waals surface area contributed by atoms with Crippen molar-refractivity contribution in [1.82, 2.24) is 0 Å². The first-order valence-corrected chi connectivity index (χ1v) is 9.53. The summed E-state index contributed by atoms with van der Waals surface area (Å²) in [6.45, 7) is 11.8. The summed E-state index contributed by atoms with van der Waals surface area (Å²) in [6.07, 6.45) is 3.70. The number of hydrogen-bond donors (Lipinski definition) is 0. The monoisotopic (exact) mass is 350 g/mol. The van der Waals surface area contributed by atoms with E-state index in [9.17, 15) is 4.79 Å². The minimum Gasteiger partial charge on any atom is -0.489 e. The van der Waals surface area contributed by atoms with E-state index in [2.05, 4.69) is 71.0 Å². The van der Waals surface area contributed by atoms with Crippen molar-refractivity contribution in [2.24, 2.45) is 0 Å². The molecule has 0 amide bonds. The molecule has 0 N–H and O–H groups in total. The number of carbonyl (C=O) groups excluding carboxylic acids is 1. The Labute approximate surface area is 157 Å². The molecule has 2 heteroatoms. The number of aryl methyl sites for hydroxylation is 1. The Bertz CT molecular complexity index is 798. The molecule has 138 valence electrons. The quantitative estimate of drug-likeness (QED) is 0.650. The topological polar surface area (TPSA) is 26.3 Å². The van der Waals surface area contributed by atoms with Gasteiger partial charge in [0.2, 0.25) is 0 Å². The van der Waals surface area contributed by atoms with Gasteiger partial charge in [-0.15, -0.1) is 0 Å². The van der Waals surface area contributed by atoms with Crippen LogP contribution in [0.5, 0.6) is 5.75 Å². The molecule has 0 spiro atoms. The molecule has 0 aromatic heterocycles. The van der Waals surface area contributed by atoms with Crippen molar-refractivity contribution in [1.29, 1.82) is 0 Å². The molecule has 1 aliphatic carbocycles. The maximum Gasteiger partial charge on any atom is 0.124 e. The van der Waals surface area contributed by atoms with Crippen LogP contribution in [0.15, 0.2) is 36.4 Å². The minimum absolute atomic E-state index is 0.131. The minimum atomic E-state index is 0.131. The molecule has 0 aliphatic heterocycles. The van der Waals surface area contributed by atoms with Gasteiger partial charge < -0.3 is 9.53 Å². The van der Waals surface area contributed by atoms with E-state index in [1.807, 2.05) is 0 Å². The predicted octanol–water partition coefficient (Wildman–Crippen LogP) is 5.66. The van der Waals surface area contributed by atoms with Crippen LogP contribution in [-0.2, 0) is 28.7 Å². The molecule has 1 aliphatic rings. The van der Waals surface area contributed by atoms with Crippen molar-refractivity contribution in [3.05, 3.63) is 64.2 Å². The Kier molecular flexibility index (Phi) is 4.96. The highest BCUT2D eigenvalue weighted by molar-refractivity contribution is 5.60. The molecule has 0 radical (unpaired) electrons. The van der Waals surface area contributed by atoms with E-state index in [1.165, 1.54) is 16.7 Å². The van der Waals surface area contributed by atoms with Crippen molar-refractivity contribution in [3.8, 4) is 5.75 Å². The first kappa shape index (κ1) is 18.7. The molecule has 26 heavy (non-hydrogen) atoms. The molecular weight excluding hydrogens is 320 g/mol. The van der Waals surface area contributed by atoms with Gasteiger partial charge in [0.15, 0.2) is 0 Å². The van der Waals surface area contributed by atoms with E-state index in [0.29, 0.717) is 13.0 Å². The average Bonchev–Trinajstić information content (AvgIpc) is 2.59. The molecule has 0 fully saturated rings. The molecule has 3 rings (SSSR count). The Hall–Kier alpha value is -2.09. The van der Waals surface area contributed by atoms with Crippen molar-refractivity contribution < 1.29 is 9.53 Å². The summed E-state index contributed by atoms with van der Waals surface area (Å²) in [5, 5.41) is 0. The van der Waals surface area contributed by atoms with Gasteiger partial charge in [-0.2, -0.15) is 0 Å². The zero-order chi connectivity index (χ0) is 18.9. The summed E-state index contributed by atoms with van der Waals surface area (Å²) in [7, 11) is 0. The maximum absolute atomic E-state index is 11.2. The molecule has 2 aromatic carbocycles. The Balaban J connectivity index is 1.98. The SMILES string of the molecule is Cc1ccc(COc2cc3c(cc2CC=O)C(C)(C)CCC3(C)C)cc1. The fraction of sp³-hybridized carbons (Fsp3) is 0.458. The summed E-state index contributed by atoms with van der Waals surface area (Å²) >= 11 is 0. The third-order valence-corrected chi connectivity index (χ3v) is 5.85. The van der Waals surface area contributed by atoms with Gasteiger partial charge in [-0.05, 0) is 53.4 Å². The summed E-state index contributed by atoms with van der Waals surface area (Å²) in [5.74, 6) is 0.849. The van der Waals surface area contributed by atoms with Crippen LogP contribution in [0, 0.1) is 6.92 Å². The van der Waals surface area contributed by atoms with Crippen molar-refractivity contribution in [2.75, 3.05) is 0 Å². The molecule has 0 heterocycles. The third-order valence-electron chi connectivity index (χ3n) is 5.85.